The molecule has 6 heteroatoms. The summed E-state index contributed by atoms with van der Waals surface area (Å²) in [5.41, 5.74) is -0.801. The van der Waals surface area contributed by atoms with Crippen LogP contribution >= 0.6 is 0 Å². The van der Waals surface area contributed by atoms with Crippen LogP contribution in [-0.2, 0) is 4.79 Å². The molecule has 1 aromatic rings. The molecule has 0 saturated carbocycles. The maximum atomic E-state index is 12.0. The van der Waals surface area contributed by atoms with E-state index < -0.39 is 11.4 Å². The first-order valence-corrected chi connectivity index (χ1v) is 6.02. The minimum Gasteiger partial charge on any atom is -0.481 e. The summed E-state index contributed by atoms with van der Waals surface area (Å²) in [5, 5.41) is 12.8. The van der Waals surface area contributed by atoms with Crippen molar-refractivity contribution >= 4 is 11.9 Å². The molecular weight excluding hydrogens is 236 g/mol. The number of hydrogen-bond acceptors (Lipinski definition) is 4. The van der Waals surface area contributed by atoms with Crippen LogP contribution in [0.1, 0.15) is 36.7 Å². The molecule has 1 amide bonds. The first kappa shape index (κ1) is 12.6. The number of rotatable bonds is 4. The number of likely N-dealkylation sites (tertiary alicyclic amines) is 1. The van der Waals surface area contributed by atoms with E-state index in [-0.39, 0.29) is 18.2 Å². The Hall–Kier alpha value is -1.85. The fourth-order valence-corrected chi connectivity index (χ4v) is 2.49. The Labute approximate surface area is 105 Å². The van der Waals surface area contributed by atoms with Gasteiger partial charge in [0.15, 0.2) is 0 Å². The highest BCUT2D eigenvalue weighted by molar-refractivity contribution is 5.92. The molecule has 1 N–H and O–H groups in total. The topological polar surface area (TPSA) is 83.6 Å². The molecule has 0 aromatic carbocycles. The lowest BCUT2D eigenvalue weighted by Gasteiger charge is -2.23. The van der Waals surface area contributed by atoms with Crippen LogP contribution in [0.5, 0.6) is 0 Å². The Balaban J connectivity index is 2.11. The maximum absolute atomic E-state index is 12.0. The molecule has 1 saturated heterocycles. The third kappa shape index (κ3) is 2.10. The predicted molar refractivity (Wildman–Crippen MR) is 62.0 cm³/mol. The zero-order valence-electron chi connectivity index (χ0n) is 10.3. The van der Waals surface area contributed by atoms with E-state index in [9.17, 15) is 14.7 Å². The Kier molecular flexibility index (Phi) is 3.36. The van der Waals surface area contributed by atoms with Crippen LogP contribution in [0.15, 0.2) is 16.8 Å². The molecule has 6 nitrogen and oxygen atoms in total. The van der Waals surface area contributed by atoms with Crippen molar-refractivity contribution in [3.63, 3.8) is 0 Å². The van der Waals surface area contributed by atoms with E-state index in [1.165, 1.54) is 17.2 Å². The summed E-state index contributed by atoms with van der Waals surface area (Å²) in [6, 6.07) is 1.49. The number of aromatic nitrogens is 1. The van der Waals surface area contributed by atoms with Gasteiger partial charge < -0.3 is 14.5 Å². The Morgan fingerprint density at radius 1 is 1.61 bits per heavy atom. The highest BCUT2D eigenvalue weighted by Gasteiger charge is 2.45. The van der Waals surface area contributed by atoms with Gasteiger partial charge in [-0.3, -0.25) is 9.59 Å². The van der Waals surface area contributed by atoms with Gasteiger partial charge in [-0.2, -0.15) is 0 Å². The summed E-state index contributed by atoms with van der Waals surface area (Å²) in [7, 11) is 0. The molecule has 2 heterocycles. The van der Waals surface area contributed by atoms with Gasteiger partial charge in [-0.15, -0.1) is 0 Å². The minimum atomic E-state index is -0.822. The standard InChI is InChI=1S/C12H16N2O4/c1-2-4-12(11(16)17)5-7-14(8-12)10(15)9-3-6-13-18-9/h3,6H,2,4-5,7-8H2,1H3,(H,16,17). The van der Waals surface area contributed by atoms with Crippen molar-refractivity contribution in [2.24, 2.45) is 5.41 Å². The summed E-state index contributed by atoms with van der Waals surface area (Å²) in [5.74, 6) is -0.948. The number of carbonyl (C=O) groups is 2. The van der Waals surface area contributed by atoms with Crippen molar-refractivity contribution in [1.29, 1.82) is 0 Å². The largest absolute Gasteiger partial charge is 0.481 e. The quantitative estimate of drug-likeness (QED) is 0.875. The van der Waals surface area contributed by atoms with Crippen LogP contribution in [0.2, 0.25) is 0 Å². The van der Waals surface area contributed by atoms with Crippen molar-refractivity contribution in [2.45, 2.75) is 26.2 Å². The monoisotopic (exact) mass is 252 g/mol. The van der Waals surface area contributed by atoms with Crippen molar-refractivity contribution in [2.75, 3.05) is 13.1 Å². The highest BCUT2D eigenvalue weighted by Crippen LogP contribution is 2.36. The molecule has 1 unspecified atom stereocenters. The second kappa shape index (κ2) is 4.80. The molecule has 2 rings (SSSR count). The molecule has 18 heavy (non-hydrogen) atoms. The number of hydrogen-bond donors (Lipinski definition) is 1. The Bertz CT molecular complexity index is 443. The molecule has 0 spiro atoms. The third-order valence-electron chi connectivity index (χ3n) is 3.47. The lowest BCUT2D eigenvalue weighted by molar-refractivity contribution is -0.148. The molecule has 1 atom stereocenters. The number of nitrogens with zero attached hydrogens (tertiary/aromatic N) is 2. The Morgan fingerprint density at radius 2 is 2.39 bits per heavy atom. The van der Waals surface area contributed by atoms with Gasteiger partial charge in [0.05, 0.1) is 11.6 Å². The molecule has 98 valence electrons. The van der Waals surface area contributed by atoms with Crippen LogP contribution in [0.25, 0.3) is 0 Å². The fraction of sp³-hybridized carbons (Fsp3) is 0.583. The summed E-state index contributed by atoms with van der Waals surface area (Å²) in [6.07, 6.45) is 3.27. The number of carboxylic acid groups (broad SMARTS) is 1. The maximum Gasteiger partial charge on any atom is 0.311 e. The van der Waals surface area contributed by atoms with Crippen molar-refractivity contribution in [1.82, 2.24) is 10.1 Å². The number of aliphatic carboxylic acids is 1. The van der Waals surface area contributed by atoms with E-state index in [0.717, 1.165) is 6.42 Å². The molecule has 0 aliphatic carbocycles. The van der Waals surface area contributed by atoms with Crippen LogP contribution < -0.4 is 0 Å². The molecule has 0 bridgehead atoms. The molecule has 1 aromatic heterocycles. The summed E-state index contributed by atoms with van der Waals surface area (Å²) in [4.78, 5) is 24.9. The van der Waals surface area contributed by atoms with Gasteiger partial charge in [-0.05, 0) is 12.8 Å². The predicted octanol–water partition coefficient (Wildman–Crippen LogP) is 1.39. The van der Waals surface area contributed by atoms with E-state index in [1.807, 2.05) is 6.92 Å². The fourth-order valence-electron chi connectivity index (χ4n) is 2.49. The molecule has 1 aliphatic heterocycles. The van der Waals surface area contributed by atoms with Crippen molar-refractivity contribution < 1.29 is 19.2 Å². The first-order chi connectivity index (χ1) is 8.59. The van der Waals surface area contributed by atoms with Gasteiger partial charge in [0.2, 0.25) is 5.76 Å². The normalized spacial score (nSPS) is 23.3. The lowest BCUT2D eigenvalue weighted by Crippen LogP contribution is -2.36. The van der Waals surface area contributed by atoms with Crippen molar-refractivity contribution in [3.8, 4) is 0 Å². The number of carbonyl (C=O) groups excluding carboxylic acids is 1. The molecule has 1 fully saturated rings. The SMILES string of the molecule is CCCC1(C(=O)O)CCN(C(=O)c2ccno2)C1. The summed E-state index contributed by atoms with van der Waals surface area (Å²) in [6.45, 7) is 2.65. The molecule has 0 radical (unpaired) electrons. The summed E-state index contributed by atoms with van der Waals surface area (Å²) < 4.78 is 4.81. The third-order valence-corrected chi connectivity index (χ3v) is 3.47. The van der Waals surface area contributed by atoms with Crippen LogP contribution in [0, 0.1) is 5.41 Å². The summed E-state index contributed by atoms with van der Waals surface area (Å²) >= 11 is 0. The van der Waals surface area contributed by atoms with E-state index in [0.29, 0.717) is 19.4 Å². The van der Waals surface area contributed by atoms with E-state index in [1.54, 1.807) is 0 Å². The smallest absolute Gasteiger partial charge is 0.311 e. The zero-order chi connectivity index (χ0) is 13.2. The Morgan fingerprint density at radius 3 is 2.94 bits per heavy atom. The average molecular weight is 252 g/mol. The molecular formula is C12H16N2O4. The lowest BCUT2D eigenvalue weighted by atomic mass is 9.83. The van der Waals surface area contributed by atoms with Gasteiger partial charge >= 0.3 is 5.97 Å². The number of carboxylic acids is 1. The van der Waals surface area contributed by atoms with E-state index in [2.05, 4.69) is 5.16 Å². The highest BCUT2D eigenvalue weighted by atomic mass is 16.5. The van der Waals surface area contributed by atoms with Gasteiger partial charge in [-0.1, -0.05) is 18.5 Å². The van der Waals surface area contributed by atoms with Crippen LogP contribution in [0.4, 0.5) is 0 Å². The second-order valence-corrected chi connectivity index (χ2v) is 4.69. The van der Waals surface area contributed by atoms with E-state index >= 15 is 0 Å². The van der Waals surface area contributed by atoms with Crippen molar-refractivity contribution in [3.05, 3.63) is 18.0 Å². The zero-order valence-corrected chi connectivity index (χ0v) is 10.3. The van der Waals surface area contributed by atoms with Crippen LogP contribution in [-0.4, -0.2) is 40.1 Å². The first-order valence-electron chi connectivity index (χ1n) is 6.02. The average Bonchev–Trinajstić information content (AvgIpc) is 2.98. The number of amides is 1. The molecule has 1 aliphatic rings. The van der Waals surface area contributed by atoms with Gasteiger partial charge in [0, 0.05) is 19.2 Å². The van der Waals surface area contributed by atoms with Gasteiger partial charge in [0.25, 0.3) is 5.91 Å². The van der Waals surface area contributed by atoms with Gasteiger partial charge in [0.1, 0.15) is 0 Å². The second-order valence-electron chi connectivity index (χ2n) is 4.69. The van der Waals surface area contributed by atoms with Crippen LogP contribution in [0.3, 0.4) is 0 Å². The minimum absolute atomic E-state index is 0.160. The van der Waals surface area contributed by atoms with Gasteiger partial charge in [-0.25, -0.2) is 0 Å². The van der Waals surface area contributed by atoms with E-state index in [4.69, 9.17) is 4.52 Å².